The minimum Gasteiger partial charge on any atom is -0.418 e. The smallest absolute Gasteiger partial charge is 0.418 e. The highest BCUT2D eigenvalue weighted by Crippen LogP contribution is 2.30. The van der Waals surface area contributed by atoms with Crippen LogP contribution in [0.15, 0.2) is 0 Å². The summed E-state index contributed by atoms with van der Waals surface area (Å²) in [5, 5.41) is 0.219. The number of alkyl halides is 4. The normalized spacial score (nSPS) is 12.7. The number of nitrogens with two attached hydrogens (primary N) is 1. The Morgan fingerprint density at radius 1 is 0.760 bits per heavy atom. The third-order valence-corrected chi connectivity index (χ3v) is 1.29. The number of hydrogen-bond donors (Lipinski definition) is 2. The Balaban J connectivity index is -0.000000126. The van der Waals surface area contributed by atoms with E-state index in [1.807, 2.05) is 0 Å². The molecule has 0 aromatic heterocycles. The summed E-state index contributed by atoms with van der Waals surface area (Å²) in [6.07, 6.45) is -0.843. The lowest BCUT2D eigenvalue weighted by atomic mass is 10.1. The van der Waals surface area contributed by atoms with Crippen LogP contribution in [0.2, 0.25) is 0 Å². The summed E-state index contributed by atoms with van der Waals surface area (Å²) in [5.41, 5.74) is 4.02. The molecule has 0 amide bonds. The van der Waals surface area contributed by atoms with E-state index in [-0.39, 0.29) is 10.9 Å². The summed E-state index contributed by atoms with van der Waals surface area (Å²) >= 11 is 0. The fourth-order valence-electron chi connectivity index (χ4n) is 0.447. The predicted octanol–water partition coefficient (Wildman–Crippen LogP) is 3.44. The molecule has 0 aromatic rings. The molecule has 0 fully saturated rings. The summed E-state index contributed by atoms with van der Waals surface area (Å²) in [4.78, 5) is 0. The van der Waals surface area contributed by atoms with Gasteiger partial charge in [0.05, 0.1) is 12.6 Å². The van der Waals surface area contributed by atoms with Gasteiger partial charge in [0, 0.05) is 6.42 Å². The molecule has 0 aliphatic rings. The van der Waals surface area contributed by atoms with Crippen LogP contribution in [0.1, 0.15) is 34.1 Å². The van der Waals surface area contributed by atoms with Crippen molar-refractivity contribution in [2.45, 2.75) is 51.6 Å². The largest absolute Gasteiger partial charge is 0.673 e. The van der Waals surface area contributed by atoms with Gasteiger partial charge in [-0.15, -0.1) is 8.78 Å². The van der Waals surface area contributed by atoms with Gasteiger partial charge in [-0.3, -0.25) is 5.32 Å². The molecule has 0 saturated carbocycles. The van der Waals surface area contributed by atoms with E-state index < -0.39 is 32.9 Å². The predicted molar refractivity (Wildman–Crippen MR) is 71.0 cm³/mol. The number of hydrogen-bond acceptors (Lipinski definition) is 0. The van der Waals surface area contributed by atoms with Crippen molar-refractivity contribution in [3.05, 3.63) is 0 Å². The third-order valence-electron chi connectivity index (χ3n) is 1.29. The van der Waals surface area contributed by atoms with Crippen LogP contribution in [0.3, 0.4) is 0 Å². The molecule has 0 atom stereocenters. The van der Waals surface area contributed by atoms with Gasteiger partial charge in [-0.25, -0.2) is 0 Å². The van der Waals surface area contributed by atoms with Crippen molar-refractivity contribution in [1.82, 2.24) is 0 Å². The van der Waals surface area contributed by atoms with Crippen LogP contribution in [-0.4, -0.2) is 39.1 Å². The number of quaternary nitrogens is 2. The Labute approximate surface area is 137 Å². The molecule has 0 spiro atoms. The molecule has 0 radical (unpaired) electrons. The molecule has 0 aliphatic heterocycles. The Morgan fingerprint density at radius 3 is 0.960 bits per heavy atom. The molecule has 0 bridgehead atoms. The van der Waals surface area contributed by atoms with Crippen molar-refractivity contribution in [1.29, 1.82) is 0 Å². The van der Waals surface area contributed by atoms with Crippen LogP contribution in [0, 0.1) is 0 Å². The molecule has 16 heteroatoms. The van der Waals surface area contributed by atoms with Gasteiger partial charge in [0.15, 0.2) is 0 Å². The van der Waals surface area contributed by atoms with Crippen molar-refractivity contribution >= 4 is 14.5 Å². The number of rotatable bonds is 3. The molecule has 25 heavy (non-hydrogen) atoms. The monoisotopic (exact) mass is 408 g/mol. The van der Waals surface area contributed by atoms with Gasteiger partial charge >= 0.3 is 26.5 Å². The average Bonchev–Trinajstić information content (AvgIpc) is 2.21. The quantitative estimate of drug-likeness (QED) is 0.409. The van der Waals surface area contributed by atoms with E-state index in [0.717, 1.165) is 14.0 Å². The average molecular weight is 408 g/mol. The molecular weight excluding hydrogens is 386 g/mol. The van der Waals surface area contributed by atoms with Gasteiger partial charge in [-0.2, -0.15) is 8.78 Å². The van der Waals surface area contributed by atoms with Crippen LogP contribution in [0.5, 0.6) is 0 Å². The van der Waals surface area contributed by atoms with E-state index in [9.17, 15) is 52.1 Å². The topological polar surface area (TPSA) is 44.2 Å². The summed E-state index contributed by atoms with van der Waals surface area (Å²) in [5.74, 6) is -3.90. The van der Waals surface area contributed by atoms with Crippen molar-refractivity contribution in [2.75, 3.05) is 7.05 Å². The Morgan fingerprint density at radius 2 is 0.920 bits per heavy atom. The summed E-state index contributed by atoms with van der Waals surface area (Å²) in [6.45, 7) is 7.25. The van der Waals surface area contributed by atoms with Gasteiger partial charge in [0.25, 0.3) is 0 Å². The van der Waals surface area contributed by atoms with Crippen molar-refractivity contribution in [3.63, 3.8) is 0 Å². The first kappa shape index (κ1) is 31.9. The first-order valence-corrected chi connectivity index (χ1v) is 6.53. The Bertz CT molecular complexity index is 263. The molecule has 0 unspecified atom stereocenters. The first-order valence-electron chi connectivity index (χ1n) is 6.53. The van der Waals surface area contributed by atoms with Gasteiger partial charge in [0.2, 0.25) is 0 Å². The Kier molecular flexibility index (Phi) is 15.0. The maximum absolute atomic E-state index is 12.1. The van der Waals surface area contributed by atoms with Gasteiger partial charge in [-0.1, -0.05) is 6.92 Å². The van der Waals surface area contributed by atoms with E-state index >= 15 is 0 Å². The highest BCUT2D eigenvalue weighted by atomic mass is 19.5. The minimum atomic E-state index is -6.00. The van der Waals surface area contributed by atoms with Crippen LogP contribution in [0.4, 0.5) is 52.1 Å². The van der Waals surface area contributed by atoms with Crippen LogP contribution >= 0.6 is 0 Å². The molecule has 2 nitrogen and oxygen atoms in total. The highest BCUT2D eigenvalue weighted by Gasteiger charge is 2.58. The van der Waals surface area contributed by atoms with Gasteiger partial charge in [0.1, 0.15) is 0 Å². The van der Waals surface area contributed by atoms with Gasteiger partial charge < -0.3 is 40.3 Å². The molecule has 0 aliphatic carbocycles. The molecular formula is C9H22B2F12N2. The second-order valence-electron chi connectivity index (χ2n) is 5.52. The van der Waals surface area contributed by atoms with Crippen LogP contribution in [-0.2, 0) is 0 Å². The SMILES string of the molecule is CC(C)(C)[NH3+].CCC(F)(F)C(F)(F)[NH2+]C.F[B-](F)(F)F.F[B-](F)(F)F. The highest BCUT2D eigenvalue weighted by molar-refractivity contribution is 6.50. The minimum absolute atomic E-state index is 0.219. The molecule has 0 heterocycles. The molecule has 0 rings (SSSR count). The van der Waals surface area contributed by atoms with E-state index in [1.165, 1.54) is 0 Å². The zero-order valence-electron chi connectivity index (χ0n) is 14.2. The van der Waals surface area contributed by atoms with E-state index in [2.05, 4.69) is 26.5 Å². The summed E-state index contributed by atoms with van der Waals surface area (Å²) < 4.78 is 127. The standard InChI is InChI=1S/C5H9F4N.C4H11N.2BF4/c1-3-4(6,7)5(8,9)10-2;1-4(2,3)5;2*2-1(3,4)5/h10H,3H2,1-2H3;5H2,1-3H3;;/q;;2*-1/p+2. The lowest BCUT2D eigenvalue weighted by Gasteiger charge is -2.20. The fraction of sp³-hybridized carbons (Fsp3) is 1.00. The zero-order chi connectivity index (χ0) is 21.9. The van der Waals surface area contributed by atoms with Crippen molar-refractivity contribution < 1.29 is 63.1 Å². The number of halogens is 12. The van der Waals surface area contributed by atoms with Crippen molar-refractivity contribution in [2.24, 2.45) is 0 Å². The summed E-state index contributed by atoms with van der Waals surface area (Å²) in [6, 6.07) is -3.97. The maximum Gasteiger partial charge on any atom is 0.673 e. The van der Waals surface area contributed by atoms with E-state index in [0.29, 0.717) is 0 Å². The summed E-state index contributed by atoms with van der Waals surface area (Å²) in [7, 11) is -11.1. The van der Waals surface area contributed by atoms with Crippen LogP contribution in [0.25, 0.3) is 0 Å². The Hall–Kier alpha value is -0.790. The lowest BCUT2D eigenvalue weighted by molar-refractivity contribution is -0.784. The third kappa shape index (κ3) is 51.7. The molecule has 0 saturated heterocycles. The molecule has 0 aromatic carbocycles. The van der Waals surface area contributed by atoms with E-state index in [4.69, 9.17) is 0 Å². The molecule has 158 valence electrons. The maximum atomic E-state index is 12.1. The van der Waals surface area contributed by atoms with Gasteiger partial charge in [-0.05, 0) is 20.8 Å². The van der Waals surface area contributed by atoms with Crippen LogP contribution < -0.4 is 11.1 Å². The lowest BCUT2D eigenvalue weighted by Crippen LogP contribution is -2.94. The first-order chi connectivity index (χ1) is 10.4. The second-order valence-corrected chi connectivity index (χ2v) is 5.52. The fourth-order valence-corrected chi connectivity index (χ4v) is 0.447. The second kappa shape index (κ2) is 11.8. The molecule has 5 N–H and O–H groups in total. The van der Waals surface area contributed by atoms with E-state index in [1.54, 1.807) is 0 Å². The zero-order valence-corrected chi connectivity index (χ0v) is 14.2. The van der Waals surface area contributed by atoms with Crippen molar-refractivity contribution in [3.8, 4) is 0 Å².